The van der Waals surface area contributed by atoms with Gasteiger partial charge in [-0.1, -0.05) is 29.8 Å². The van der Waals surface area contributed by atoms with Gasteiger partial charge in [0.2, 0.25) is 0 Å². The van der Waals surface area contributed by atoms with Gasteiger partial charge in [0.1, 0.15) is 0 Å². The number of hydrogen-bond acceptors (Lipinski definition) is 2. The number of benzene rings is 1. The van der Waals surface area contributed by atoms with E-state index in [0.29, 0.717) is 0 Å². The maximum absolute atomic E-state index is 6.19. The maximum atomic E-state index is 6.19. The first-order valence-electron chi connectivity index (χ1n) is 4.74. The highest BCUT2D eigenvalue weighted by atomic mass is 35.5. The molecule has 1 heterocycles. The molecule has 2 aromatic rings. The molecule has 0 unspecified atom stereocenters. The topological polar surface area (TPSA) is 26.0 Å². The van der Waals surface area contributed by atoms with Crippen molar-refractivity contribution in [1.82, 2.24) is 0 Å². The zero-order valence-corrected chi connectivity index (χ0v) is 9.98. The zero-order chi connectivity index (χ0) is 10.8. The Bertz CT molecular complexity index is 430. The van der Waals surface area contributed by atoms with Crippen LogP contribution in [-0.2, 0) is 0 Å². The van der Waals surface area contributed by atoms with Crippen LogP contribution in [0.5, 0.6) is 0 Å². The molecule has 0 bridgehead atoms. The van der Waals surface area contributed by atoms with Gasteiger partial charge in [-0.05, 0) is 35.6 Å². The molecule has 0 radical (unpaired) electrons. The lowest BCUT2D eigenvalue weighted by Gasteiger charge is -2.14. The summed E-state index contributed by atoms with van der Waals surface area (Å²) in [6.45, 7) is 2.04. The minimum Gasteiger partial charge on any atom is -0.320 e. The average Bonchev–Trinajstić information content (AvgIpc) is 2.69. The molecule has 15 heavy (non-hydrogen) atoms. The molecule has 0 aliphatic heterocycles. The molecule has 2 N–H and O–H groups in total. The molecule has 1 nitrogen and oxygen atoms in total. The van der Waals surface area contributed by atoms with Gasteiger partial charge in [0.15, 0.2) is 0 Å². The van der Waals surface area contributed by atoms with Crippen molar-refractivity contribution in [1.29, 1.82) is 0 Å². The normalized spacial score (nSPS) is 12.7. The zero-order valence-electron chi connectivity index (χ0n) is 8.41. The van der Waals surface area contributed by atoms with E-state index in [-0.39, 0.29) is 6.04 Å². The number of nitrogens with two attached hydrogens (primary N) is 1. The van der Waals surface area contributed by atoms with Crippen molar-refractivity contribution < 1.29 is 0 Å². The second-order valence-electron chi connectivity index (χ2n) is 3.46. The highest BCUT2D eigenvalue weighted by molar-refractivity contribution is 7.10. The fourth-order valence-electron chi connectivity index (χ4n) is 1.65. The second kappa shape index (κ2) is 4.35. The van der Waals surface area contributed by atoms with Gasteiger partial charge >= 0.3 is 0 Å². The molecule has 0 aliphatic rings. The van der Waals surface area contributed by atoms with Crippen molar-refractivity contribution in [3.8, 4) is 0 Å². The molecule has 2 rings (SSSR count). The fraction of sp³-hybridized carbons (Fsp3) is 0.167. The van der Waals surface area contributed by atoms with E-state index in [2.05, 4.69) is 0 Å². The Morgan fingerprint density at radius 1 is 1.27 bits per heavy atom. The summed E-state index contributed by atoms with van der Waals surface area (Å²) in [5, 5.41) is 2.78. The lowest BCUT2D eigenvalue weighted by atomic mass is 10.0. The van der Waals surface area contributed by atoms with E-state index in [1.165, 1.54) is 0 Å². The van der Waals surface area contributed by atoms with Gasteiger partial charge in [-0.3, -0.25) is 0 Å². The number of aryl methyl sites for hydroxylation is 1. The Hall–Kier alpha value is -0.830. The molecule has 0 spiro atoms. The number of thiophene rings is 1. The molecule has 1 atom stereocenters. The molecular weight excluding hydrogens is 226 g/mol. The first-order chi connectivity index (χ1) is 7.20. The van der Waals surface area contributed by atoms with Crippen LogP contribution in [0, 0.1) is 6.92 Å². The van der Waals surface area contributed by atoms with Gasteiger partial charge in [-0.15, -0.1) is 11.3 Å². The van der Waals surface area contributed by atoms with Gasteiger partial charge in [-0.2, -0.15) is 0 Å². The third-order valence-electron chi connectivity index (χ3n) is 2.43. The predicted molar refractivity (Wildman–Crippen MR) is 66.5 cm³/mol. The van der Waals surface area contributed by atoms with E-state index >= 15 is 0 Å². The van der Waals surface area contributed by atoms with Crippen LogP contribution in [0.25, 0.3) is 0 Å². The Labute approximate surface area is 98.5 Å². The Morgan fingerprint density at radius 2 is 2.07 bits per heavy atom. The van der Waals surface area contributed by atoms with Gasteiger partial charge in [-0.25, -0.2) is 0 Å². The smallest absolute Gasteiger partial charge is 0.0663 e. The maximum Gasteiger partial charge on any atom is 0.0663 e. The molecule has 0 aliphatic carbocycles. The van der Waals surface area contributed by atoms with Crippen LogP contribution >= 0.6 is 22.9 Å². The Morgan fingerprint density at radius 3 is 2.67 bits per heavy atom. The van der Waals surface area contributed by atoms with Crippen LogP contribution in [0.3, 0.4) is 0 Å². The monoisotopic (exact) mass is 237 g/mol. The Balaban J connectivity index is 2.46. The minimum atomic E-state index is -0.112. The summed E-state index contributed by atoms with van der Waals surface area (Å²) in [4.78, 5) is 1.14. The summed E-state index contributed by atoms with van der Waals surface area (Å²) in [5.74, 6) is 0. The molecule has 78 valence electrons. The lowest BCUT2D eigenvalue weighted by Crippen LogP contribution is -2.12. The summed E-state index contributed by atoms with van der Waals surface area (Å²) in [7, 11) is 0. The third kappa shape index (κ3) is 2.07. The van der Waals surface area contributed by atoms with Gasteiger partial charge in [0, 0.05) is 9.90 Å². The van der Waals surface area contributed by atoms with Crippen molar-refractivity contribution in [2.75, 3.05) is 0 Å². The van der Waals surface area contributed by atoms with Gasteiger partial charge < -0.3 is 5.73 Å². The molecule has 3 heteroatoms. The highest BCUT2D eigenvalue weighted by Gasteiger charge is 2.15. The van der Waals surface area contributed by atoms with Crippen molar-refractivity contribution in [3.63, 3.8) is 0 Å². The van der Waals surface area contributed by atoms with E-state index in [0.717, 1.165) is 21.0 Å². The molecule has 1 aromatic heterocycles. The van der Waals surface area contributed by atoms with Crippen molar-refractivity contribution in [3.05, 3.63) is 56.7 Å². The van der Waals surface area contributed by atoms with Crippen LogP contribution in [0.15, 0.2) is 35.7 Å². The summed E-state index contributed by atoms with van der Waals surface area (Å²) in [6, 6.07) is 9.80. The number of hydrogen-bond donors (Lipinski definition) is 1. The second-order valence-corrected chi connectivity index (χ2v) is 4.85. The minimum absolute atomic E-state index is 0.112. The van der Waals surface area contributed by atoms with E-state index in [1.807, 2.05) is 42.6 Å². The van der Waals surface area contributed by atoms with E-state index < -0.39 is 0 Å². The average molecular weight is 238 g/mol. The molecule has 0 fully saturated rings. The molecule has 1 aromatic carbocycles. The van der Waals surface area contributed by atoms with E-state index in [9.17, 15) is 0 Å². The number of halogens is 1. The summed E-state index contributed by atoms with van der Waals surface area (Å²) >= 11 is 7.83. The summed E-state index contributed by atoms with van der Waals surface area (Å²) < 4.78 is 0. The van der Waals surface area contributed by atoms with Crippen molar-refractivity contribution in [2.24, 2.45) is 5.73 Å². The third-order valence-corrected chi connectivity index (χ3v) is 3.72. The van der Waals surface area contributed by atoms with Crippen molar-refractivity contribution in [2.45, 2.75) is 13.0 Å². The molecule has 0 amide bonds. The van der Waals surface area contributed by atoms with E-state index in [1.54, 1.807) is 11.3 Å². The van der Waals surface area contributed by atoms with Crippen LogP contribution in [0.1, 0.15) is 22.0 Å². The first-order valence-corrected chi connectivity index (χ1v) is 6.00. The Kier molecular flexibility index (Phi) is 3.10. The lowest BCUT2D eigenvalue weighted by molar-refractivity contribution is 0.883. The van der Waals surface area contributed by atoms with Gasteiger partial charge in [0.05, 0.1) is 6.04 Å². The molecule has 0 saturated heterocycles. The van der Waals surface area contributed by atoms with Gasteiger partial charge in [0.25, 0.3) is 0 Å². The van der Waals surface area contributed by atoms with Crippen LogP contribution in [0.4, 0.5) is 0 Å². The first kappa shape index (κ1) is 10.7. The highest BCUT2D eigenvalue weighted by Crippen LogP contribution is 2.31. The largest absolute Gasteiger partial charge is 0.320 e. The number of rotatable bonds is 2. The standard InChI is InChI=1S/C12H12ClNS/c1-8-4-2-5-9(13)11(8)12(14)10-6-3-7-15-10/h2-7,12H,14H2,1H3/t12-/m1/s1. The summed E-state index contributed by atoms with van der Waals surface area (Å²) in [5.41, 5.74) is 8.36. The quantitative estimate of drug-likeness (QED) is 0.846. The molecular formula is C12H12ClNS. The van der Waals surface area contributed by atoms with Crippen molar-refractivity contribution >= 4 is 22.9 Å². The van der Waals surface area contributed by atoms with E-state index in [4.69, 9.17) is 17.3 Å². The van der Waals surface area contributed by atoms with Crippen LogP contribution in [-0.4, -0.2) is 0 Å². The fourth-order valence-corrected chi connectivity index (χ4v) is 2.72. The molecule has 0 saturated carbocycles. The SMILES string of the molecule is Cc1cccc(Cl)c1[C@H](N)c1cccs1. The van der Waals surface area contributed by atoms with Crippen LogP contribution < -0.4 is 5.73 Å². The van der Waals surface area contributed by atoms with Crippen LogP contribution in [0.2, 0.25) is 5.02 Å². The predicted octanol–water partition coefficient (Wildman–Crippen LogP) is 3.76. The summed E-state index contributed by atoms with van der Waals surface area (Å²) in [6.07, 6.45) is 0.